The Hall–Kier alpha value is -2.94. The molecule has 1 N–H and O–H groups in total. The number of allylic oxidation sites excluding steroid dienone is 2. The van der Waals surface area contributed by atoms with Crippen LogP contribution < -0.4 is 10.1 Å². The lowest BCUT2D eigenvalue weighted by Crippen LogP contribution is -2.40. The van der Waals surface area contributed by atoms with E-state index in [1.165, 1.54) is 5.57 Å². The SMILES string of the molecule is N#Cc1ccc2c(c1)CC1=C2C(=O)c2ccc(OC3CCNCC3)cc2C12CCOCC2. The molecule has 0 aromatic heterocycles. The Morgan fingerprint density at radius 3 is 2.62 bits per heavy atom. The first kappa shape index (κ1) is 19.7. The predicted octanol–water partition coefficient (Wildman–Crippen LogP) is 3.94. The number of Topliss-reactive ketones (excluding diaryl/α,β-unsaturated/α-hetero) is 1. The van der Waals surface area contributed by atoms with Crippen LogP contribution in [0, 0.1) is 11.3 Å². The first-order valence-electron chi connectivity index (χ1n) is 11.6. The number of hydrogen-bond donors (Lipinski definition) is 1. The molecule has 0 unspecified atom stereocenters. The monoisotopic (exact) mass is 426 g/mol. The molecule has 4 aliphatic rings. The Kier molecular flexibility index (Phi) is 4.67. The summed E-state index contributed by atoms with van der Waals surface area (Å²) < 4.78 is 12.1. The van der Waals surface area contributed by atoms with Gasteiger partial charge in [0.05, 0.1) is 11.6 Å². The van der Waals surface area contributed by atoms with Gasteiger partial charge in [0.2, 0.25) is 0 Å². The van der Waals surface area contributed by atoms with Crippen LogP contribution in [0.25, 0.3) is 5.57 Å². The van der Waals surface area contributed by atoms with Gasteiger partial charge in [0, 0.05) is 29.8 Å². The van der Waals surface area contributed by atoms with E-state index in [-0.39, 0.29) is 17.3 Å². The van der Waals surface area contributed by atoms with Crippen molar-refractivity contribution >= 4 is 11.4 Å². The first-order valence-corrected chi connectivity index (χ1v) is 11.6. The van der Waals surface area contributed by atoms with Gasteiger partial charge in [0.1, 0.15) is 11.9 Å². The highest BCUT2D eigenvalue weighted by atomic mass is 16.5. The molecule has 2 fully saturated rings. The second-order valence-corrected chi connectivity index (χ2v) is 9.31. The van der Waals surface area contributed by atoms with Gasteiger partial charge >= 0.3 is 0 Å². The number of ether oxygens (including phenoxy) is 2. The molecule has 2 saturated heterocycles. The maximum absolute atomic E-state index is 13.7. The number of rotatable bonds is 2. The lowest BCUT2D eigenvalue weighted by Gasteiger charge is -2.43. The van der Waals surface area contributed by atoms with Crippen LogP contribution in [0.1, 0.15) is 58.3 Å². The molecule has 5 nitrogen and oxygen atoms in total. The van der Waals surface area contributed by atoms with Gasteiger partial charge in [-0.2, -0.15) is 5.26 Å². The molecule has 1 spiro atoms. The molecule has 0 radical (unpaired) electrons. The van der Waals surface area contributed by atoms with Gasteiger partial charge in [-0.05, 0) is 97.8 Å². The molecular weight excluding hydrogens is 400 g/mol. The predicted molar refractivity (Wildman–Crippen MR) is 121 cm³/mol. The third kappa shape index (κ3) is 2.94. The summed E-state index contributed by atoms with van der Waals surface area (Å²) >= 11 is 0. The third-order valence-electron chi connectivity index (χ3n) is 7.66. The summed E-state index contributed by atoms with van der Waals surface area (Å²) in [5, 5.41) is 12.7. The van der Waals surface area contributed by atoms with Gasteiger partial charge < -0.3 is 14.8 Å². The largest absolute Gasteiger partial charge is 0.490 e. The standard InChI is InChI=1S/C27H26N2O3/c28-16-17-1-3-21-18(13-17)14-24-25(21)26(30)22-4-2-20(32-19-5-9-29-10-6-19)15-23(22)27(24)7-11-31-12-8-27/h1-4,13,15,19,29H,5-12,14H2. The van der Waals surface area contributed by atoms with Gasteiger partial charge in [0.15, 0.2) is 5.78 Å². The molecule has 0 atom stereocenters. The first-order chi connectivity index (χ1) is 15.7. The Morgan fingerprint density at radius 2 is 1.84 bits per heavy atom. The van der Waals surface area contributed by atoms with E-state index in [0.29, 0.717) is 18.8 Å². The molecule has 5 heteroatoms. The minimum atomic E-state index is -0.212. The fourth-order valence-electron chi connectivity index (χ4n) is 6.05. The van der Waals surface area contributed by atoms with E-state index in [9.17, 15) is 10.1 Å². The second kappa shape index (κ2) is 7.58. The van der Waals surface area contributed by atoms with Crippen molar-refractivity contribution in [1.29, 1.82) is 5.26 Å². The van der Waals surface area contributed by atoms with E-state index in [1.807, 2.05) is 30.3 Å². The normalized spacial score (nSPS) is 21.7. The fourth-order valence-corrected chi connectivity index (χ4v) is 6.05. The smallest absolute Gasteiger partial charge is 0.193 e. The number of hydrogen-bond acceptors (Lipinski definition) is 5. The second-order valence-electron chi connectivity index (χ2n) is 9.31. The number of nitrogens with one attached hydrogen (secondary N) is 1. The van der Waals surface area contributed by atoms with E-state index in [2.05, 4.69) is 17.5 Å². The summed E-state index contributed by atoms with van der Waals surface area (Å²) in [6, 6.07) is 14.0. The average Bonchev–Trinajstić information content (AvgIpc) is 3.24. The van der Waals surface area contributed by atoms with Crippen LogP contribution in [0.15, 0.2) is 42.0 Å². The number of fused-ring (bicyclic) bond motifs is 5. The number of benzene rings is 2. The molecule has 2 heterocycles. The van der Waals surface area contributed by atoms with Crippen LogP contribution in [0.4, 0.5) is 0 Å². The lowest BCUT2D eigenvalue weighted by molar-refractivity contribution is 0.0601. The van der Waals surface area contributed by atoms with Gasteiger partial charge in [0.25, 0.3) is 0 Å². The Balaban J connectivity index is 1.46. The highest BCUT2D eigenvalue weighted by Gasteiger charge is 2.49. The maximum atomic E-state index is 13.7. The van der Waals surface area contributed by atoms with E-state index in [0.717, 1.165) is 78.8 Å². The Labute approximate surface area is 188 Å². The molecule has 0 bridgehead atoms. The zero-order chi connectivity index (χ0) is 21.7. The summed E-state index contributed by atoms with van der Waals surface area (Å²) in [6.45, 7) is 3.33. The zero-order valence-electron chi connectivity index (χ0n) is 18.1. The quantitative estimate of drug-likeness (QED) is 0.788. The van der Waals surface area contributed by atoms with E-state index >= 15 is 0 Å². The van der Waals surface area contributed by atoms with E-state index in [1.54, 1.807) is 0 Å². The van der Waals surface area contributed by atoms with Gasteiger partial charge in [-0.3, -0.25) is 4.79 Å². The molecular formula is C27H26N2O3. The molecule has 0 amide bonds. The van der Waals surface area contributed by atoms with Gasteiger partial charge in [-0.25, -0.2) is 0 Å². The summed E-state index contributed by atoms with van der Waals surface area (Å²) in [6.07, 6.45) is 4.67. The van der Waals surface area contributed by atoms with Crippen molar-refractivity contribution < 1.29 is 14.3 Å². The summed E-state index contributed by atoms with van der Waals surface area (Å²) in [7, 11) is 0. The van der Waals surface area contributed by atoms with Crippen molar-refractivity contribution in [1.82, 2.24) is 5.32 Å². The van der Waals surface area contributed by atoms with E-state index in [4.69, 9.17) is 9.47 Å². The molecule has 162 valence electrons. The topological polar surface area (TPSA) is 71.4 Å². The highest BCUT2D eigenvalue weighted by Crippen LogP contribution is 2.54. The summed E-state index contributed by atoms with van der Waals surface area (Å²) in [5.41, 5.74) is 6.48. The number of nitriles is 1. The zero-order valence-corrected chi connectivity index (χ0v) is 18.1. The summed E-state index contributed by atoms with van der Waals surface area (Å²) in [4.78, 5) is 13.7. The molecule has 2 aliphatic heterocycles. The van der Waals surface area contributed by atoms with Crippen molar-refractivity contribution in [2.45, 2.75) is 43.6 Å². The maximum Gasteiger partial charge on any atom is 0.193 e. The lowest BCUT2D eigenvalue weighted by atomic mass is 9.62. The Bertz CT molecular complexity index is 1180. The van der Waals surface area contributed by atoms with Crippen LogP contribution in [0.2, 0.25) is 0 Å². The minimum Gasteiger partial charge on any atom is -0.490 e. The minimum absolute atomic E-state index is 0.101. The van der Waals surface area contributed by atoms with Crippen molar-refractivity contribution in [3.8, 4) is 11.8 Å². The molecule has 6 rings (SSSR count). The number of carbonyl (C=O) groups excluding carboxylic acids is 1. The highest BCUT2D eigenvalue weighted by molar-refractivity contribution is 6.33. The van der Waals surface area contributed by atoms with Crippen LogP contribution in [0.3, 0.4) is 0 Å². The molecule has 2 aromatic carbocycles. The summed E-state index contributed by atoms with van der Waals surface area (Å²) in [5.74, 6) is 0.963. The van der Waals surface area contributed by atoms with Crippen molar-refractivity contribution in [3.63, 3.8) is 0 Å². The van der Waals surface area contributed by atoms with Crippen LogP contribution in [0.5, 0.6) is 5.75 Å². The van der Waals surface area contributed by atoms with Gasteiger partial charge in [-0.15, -0.1) is 0 Å². The Morgan fingerprint density at radius 1 is 1.06 bits per heavy atom. The molecule has 0 saturated carbocycles. The molecule has 2 aliphatic carbocycles. The average molecular weight is 427 g/mol. The van der Waals surface area contributed by atoms with Crippen molar-refractivity contribution in [2.75, 3.05) is 26.3 Å². The number of nitrogens with zero attached hydrogens (tertiary/aromatic N) is 1. The van der Waals surface area contributed by atoms with Crippen LogP contribution >= 0.6 is 0 Å². The van der Waals surface area contributed by atoms with Crippen LogP contribution in [-0.2, 0) is 16.6 Å². The number of piperidine rings is 1. The molecule has 32 heavy (non-hydrogen) atoms. The number of ketones is 1. The van der Waals surface area contributed by atoms with E-state index < -0.39 is 0 Å². The number of carbonyl (C=O) groups is 1. The van der Waals surface area contributed by atoms with Gasteiger partial charge in [-0.1, -0.05) is 6.07 Å². The fraction of sp³-hybridized carbons (Fsp3) is 0.407. The third-order valence-corrected chi connectivity index (χ3v) is 7.66. The molecule has 2 aromatic rings. The van der Waals surface area contributed by atoms with Crippen LogP contribution in [-0.4, -0.2) is 38.2 Å². The van der Waals surface area contributed by atoms with Crippen molar-refractivity contribution in [3.05, 3.63) is 69.8 Å². The van der Waals surface area contributed by atoms with Crippen molar-refractivity contribution in [2.24, 2.45) is 0 Å².